The second-order valence-electron chi connectivity index (χ2n) is 6.27. The summed E-state index contributed by atoms with van der Waals surface area (Å²) in [6.45, 7) is 5.68. The van der Waals surface area contributed by atoms with Gasteiger partial charge in [0.15, 0.2) is 0 Å². The van der Waals surface area contributed by atoms with Gasteiger partial charge in [-0.2, -0.15) is 0 Å². The third-order valence-corrected chi connectivity index (χ3v) is 5.82. The molecule has 0 unspecified atom stereocenters. The molecule has 5 nitrogen and oxygen atoms in total. The molecule has 1 fully saturated rings. The quantitative estimate of drug-likeness (QED) is 0.845. The summed E-state index contributed by atoms with van der Waals surface area (Å²) in [7, 11) is -3.25. The smallest absolute Gasteiger partial charge is 0.217 e. The predicted molar refractivity (Wildman–Crippen MR) is 84.7 cm³/mol. The molecule has 1 aliphatic heterocycles. The normalized spacial score (nSPS) is 19.3. The molecule has 0 saturated carbocycles. The summed E-state index contributed by atoms with van der Waals surface area (Å²) in [4.78, 5) is 0. The molecule has 1 aromatic carbocycles. The number of nitrogens with zero attached hydrogens (tertiary/aromatic N) is 1. The Morgan fingerprint density at radius 2 is 1.86 bits per heavy atom. The zero-order valence-electron chi connectivity index (χ0n) is 12.7. The number of benzene rings is 1. The number of piperidine rings is 1. The highest BCUT2D eigenvalue weighted by Gasteiger charge is 2.31. The van der Waals surface area contributed by atoms with Crippen molar-refractivity contribution in [1.29, 1.82) is 0 Å². The van der Waals surface area contributed by atoms with Crippen molar-refractivity contribution in [2.24, 2.45) is 5.41 Å². The maximum Gasteiger partial charge on any atom is 0.217 e. The number of nitrogen functional groups attached to an aromatic ring is 1. The van der Waals surface area contributed by atoms with Crippen molar-refractivity contribution in [2.75, 3.05) is 31.2 Å². The number of anilines is 1. The fraction of sp³-hybridized carbons (Fsp3) is 0.600. The van der Waals surface area contributed by atoms with Gasteiger partial charge in [0.1, 0.15) is 12.4 Å². The Morgan fingerprint density at radius 1 is 1.24 bits per heavy atom. The van der Waals surface area contributed by atoms with Crippen molar-refractivity contribution < 1.29 is 13.2 Å². The minimum atomic E-state index is -3.25. The summed E-state index contributed by atoms with van der Waals surface area (Å²) in [6, 6.07) is 7.10. The van der Waals surface area contributed by atoms with Gasteiger partial charge in [-0.25, -0.2) is 12.7 Å². The highest BCUT2D eigenvalue weighted by Crippen LogP contribution is 2.30. The highest BCUT2D eigenvalue weighted by molar-refractivity contribution is 7.89. The molecule has 0 aromatic heterocycles. The van der Waals surface area contributed by atoms with Crippen molar-refractivity contribution in [3.63, 3.8) is 0 Å². The molecule has 21 heavy (non-hydrogen) atoms. The van der Waals surface area contributed by atoms with E-state index in [9.17, 15) is 8.42 Å². The van der Waals surface area contributed by atoms with Crippen LogP contribution in [0.15, 0.2) is 24.3 Å². The van der Waals surface area contributed by atoms with Gasteiger partial charge in [-0.15, -0.1) is 0 Å². The molecule has 6 heteroatoms. The molecule has 0 amide bonds. The summed E-state index contributed by atoms with van der Waals surface area (Å²) in [6.07, 6.45) is 1.80. The molecule has 1 aliphatic rings. The highest BCUT2D eigenvalue weighted by atomic mass is 32.2. The van der Waals surface area contributed by atoms with Crippen molar-refractivity contribution in [2.45, 2.75) is 26.7 Å². The Balaban J connectivity index is 1.86. The summed E-state index contributed by atoms with van der Waals surface area (Å²) in [5.41, 5.74) is 6.52. The summed E-state index contributed by atoms with van der Waals surface area (Å²) < 4.78 is 31.6. The molecule has 0 spiro atoms. The molecular formula is C15H24N2O3S. The van der Waals surface area contributed by atoms with Crippen LogP contribution in [-0.4, -0.2) is 38.2 Å². The van der Waals surface area contributed by atoms with Crippen LogP contribution in [0.5, 0.6) is 5.75 Å². The molecule has 1 saturated heterocycles. The number of hydrogen-bond acceptors (Lipinski definition) is 4. The van der Waals surface area contributed by atoms with Crippen LogP contribution in [0.3, 0.4) is 0 Å². The molecule has 0 aliphatic carbocycles. The first-order valence-corrected chi connectivity index (χ1v) is 8.86. The Morgan fingerprint density at radius 3 is 2.48 bits per heavy atom. The van der Waals surface area contributed by atoms with Crippen LogP contribution in [0.2, 0.25) is 0 Å². The van der Waals surface area contributed by atoms with Gasteiger partial charge in [0, 0.05) is 13.1 Å². The number of nitrogens with two attached hydrogens (primary N) is 1. The zero-order chi connectivity index (χ0) is 15.5. The van der Waals surface area contributed by atoms with Crippen molar-refractivity contribution in [1.82, 2.24) is 4.31 Å². The lowest BCUT2D eigenvalue weighted by Crippen LogP contribution is -2.42. The number of ether oxygens (including phenoxy) is 1. The van der Waals surface area contributed by atoms with E-state index in [2.05, 4.69) is 13.8 Å². The Hall–Kier alpha value is -1.27. The minimum Gasteiger partial charge on any atom is -0.490 e. The van der Waals surface area contributed by atoms with Gasteiger partial charge < -0.3 is 10.5 Å². The topological polar surface area (TPSA) is 72.6 Å². The van der Waals surface area contributed by atoms with Gasteiger partial charge in [-0.1, -0.05) is 26.0 Å². The van der Waals surface area contributed by atoms with Gasteiger partial charge in [-0.05, 0) is 30.4 Å². The van der Waals surface area contributed by atoms with Crippen LogP contribution < -0.4 is 10.5 Å². The van der Waals surface area contributed by atoms with Crippen LogP contribution in [0, 0.1) is 5.41 Å². The summed E-state index contributed by atoms with van der Waals surface area (Å²) >= 11 is 0. The largest absolute Gasteiger partial charge is 0.490 e. The zero-order valence-corrected chi connectivity index (χ0v) is 13.5. The van der Waals surface area contributed by atoms with Gasteiger partial charge in [0.25, 0.3) is 0 Å². The number of para-hydroxylation sites is 2. The minimum absolute atomic E-state index is 0.0121. The Kier molecular flexibility index (Phi) is 4.78. The molecule has 0 atom stereocenters. The lowest BCUT2D eigenvalue weighted by atomic mass is 9.83. The first-order chi connectivity index (χ1) is 9.80. The molecule has 1 heterocycles. The van der Waals surface area contributed by atoms with E-state index >= 15 is 0 Å². The van der Waals surface area contributed by atoms with Crippen molar-refractivity contribution in [3.8, 4) is 5.75 Å². The van der Waals surface area contributed by atoms with Crippen LogP contribution >= 0.6 is 0 Å². The van der Waals surface area contributed by atoms with E-state index < -0.39 is 10.0 Å². The van der Waals surface area contributed by atoms with E-state index in [1.807, 2.05) is 12.1 Å². The molecule has 1 aromatic rings. The van der Waals surface area contributed by atoms with Crippen LogP contribution in [0.25, 0.3) is 0 Å². The van der Waals surface area contributed by atoms with Gasteiger partial charge in [0.2, 0.25) is 10.0 Å². The second-order valence-corrected chi connectivity index (χ2v) is 8.35. The third kappa shape index (κ3) is 4.35. The lowest BCUT2D eigenvalue weighted by Gasteiger charge is -2.36. The summed E-state index contributed by atoms with van der Waals surface area (Å²) in [5.74, 6) is 0.523. The third-order valence-electron chi connectivity index (χ3n) is 3.99. The van der Waals surface area contributed by atoms with Crippen LogP contribution in [0.4, 0.5) is 5.69 Å². The molecule has 118 valence electrons. The molecule has 2 rings (SSSR count). The molecular weight excluding hydrogens is 288 g/mol. The maximum atomic E-state index is 12.3. The summed E-state index contributed by atoms with van der Waals surface area (Å²) in [5, 5.41) is 0. The standard InChI is InChI=1S/C15H24N2O3S/c1-15(2)7-9-17(10-8-15)21(18,19)12-11-20-14-6-4-3-5-13(14)16/h3-6H,7-12,16H2,1-2H3. The Bertz CT molecular complexity index is 574. The monoisotopic (exact) mass is 312 g/mol. The van der Waals surface area contributed by atoms with E-state index in [-0.39, 0.29) is 17.8 Å². The maximum absolute atomic E-state index is 12.3. The Labute approximate surface area is 127 Å². The van der Waals surface area contributed by atoms with E-state index in [4.69, 9.17) is 10.5 Å². The van der Waals surface area contributed by atoms with Crippen molar-refractivity contribution >= 4 is 15.7 Å². The van der Waals surface area contributed by atoms with Gasteiger partial charge >= 0.3 is 0 Å². The van der Waals surface area contributed by atoms with Crippen LogP contribution in [0.1, 0.15) is 26.7 Å². The van der Waals surface area contributed by atoms with E-state index in [1.165, 1.54) is 0 Å². The number of sulfonamides is 1. The molecule has 2 N–H and O–H groups in total. The first kappa shape index (κ1) is 16.1. The SMILES string of the molecule is CC1(C)CCN(S(=O)(=O)CCOc2ccccc2N)CC1. The predicted octanol–water partition coefficient (Wildman–Crippen LogP) is 2.10. The van der Waals surface area contributed by atoms with Gasteiger partial charge in [0.05, 0.1) is 11.4 Å². The fourth-order valence-electron chi connectivity index (χ4n) is 2.37. The first-order valence-electron chi connectivity index (χ1n) is 7.25. The second kappa shape index (κ2) is 6.23. The average molecular weight is 312 g/mol. The van der Waals surface area contributed by atoms with Crippen LogP contribution in [-0.2, 0) is 10.0 Å². The molecule has 0 radical (unpaired) electrons. The number of rotatable bonds is 5. The van der Waals surface area contributed by atoms with Gasteiger partial charge in [-0.3, -0.25) is 0 Å². The fourth-order valence-corrected chi connectivity index (χ4v) is 3.66. The average Bonchev–Trinajstić information content (AvgIpc) is 2.40. The van der Waals surface area contributed by atoms with E-state index in [1.54, 1.807) is 16.4 Å². The number of hydrogen-bond donors (Lipinski definition) is 1. The van der Waals surface area contributed by atoms with E-state index in [0.29, 0.717) is 24.5 Å². The van der Waals surface area contributed by atoms with Crippen molar-refractivity contribution in [3.05, 3.63) is 24.3 Å². The van der Waals surface area contributed by atoms with E-state index in [0.717, 1.165) is 12.8 Å². The lowest BCUT2D eigenvalue weighted by molar-refractivity contribution is 0.195. The molecule has 0 bridgehead atoms.